The molecule has 1 aromatic rings. The summed E-state index contributed by atoms with van der Waals surface area (Å²) in [6.45, 7) is 4.05. The number of rotatable bonds is 2. The number of allylic oxidation sites excluding steroid dienone is 1. The summed E-state index contributed by atoms with van der Waals surface area (Å²) < 4.78 is 1.99. The van der Waals surface area contributed by atoms with Crippen LogP contribution in [-0.4, -0.2) is 17.8 Å². The van der Waals surface area contributed by atoms with Gasteiger partial charge in [-0.15, -0.1) is 0 Å². The minimum absolute atomic E-state index is 0.700. The molecule has 1 aromatic heterocycles. The molecule has 0 fully saturated rings. The molecule has 70 valence electrons. The van der Waals surface area contributed by atoms with Gasteiger partial charge in [-0.25, -0.2) is 0 Å². The van der Waals surface area contributed by atoms with Crippen LogP contribution in [0.15, 0.2) is 23.2 Å². The first kappa shape index (κ1) is 9.58. The van der Waals surface area contributed by atoms with Crippen LogP contribution in [0.5, 0.6) is 0 Å². The van der Waals surface area contributed by atoms with Gasteiger partial charge in [-0.1, -0.05) is 0 Å². The Morgan fingerprint density at radius 3 is 2.38 bits per heavy atom. The van der Waals surface area contributed by atoms with Crippen molar-refractivity contribution in [2.75, 3.05) is 7.05 Å². The van der Waals surface area contributed by atoms with Crippen molar-refractivity contribution in [3.63, 3.8) is 0 Å². The molecule has 0 atom stereocenters. The molecule has 3 nitrogen and oxygen atoms in total. The van der Waals surface area contributed by atoms with Gasteiger partial charge >= 0.3 is 0 Å². The number of aryl methyl sites for hydroxylation is 2. The fourth-order valence-electron chi connectivity index (χ4n) is 1.30. The predicted molar refractivity (Wildman–Crippen MR) is 56.8 cm³/mol. The maximum absolute atomic E-state index is 5.86. The second-order valence-corrected chi connectivity index (χ2v) is 2.95. The molecular formula is C10H15N3. The van der Waals surface area contributed by atoms with Crippen LogP contribution in [0.25, 0.3) is 5.82 Å². The molecule has 0 saturated heterocycles. The van der Waals surface area contributed by atoms with E-state index < -0.39 is 0 Å². The quantitative estimate of drug-likeness (QED) is 0.684. The van der Waals surface area contributed by atoms with Gasteiger partial charge in [-0.3, -0.25) is 4.99 Å². The summed E-state index contributed by atoms with van der Waals surface area (Å²) in [6.07, 6.45) is 3.48. The molecule has 0 radical (unpaired) electrons. The molecule has 0 aliphatic rings. The second kappa shape index (κ2) is 3.94. The largest absolute Gasteiger partial charge is 0.385 e. The van der Waals surface area contributed by atoms with Gasteiger partial charge in [0.1, 0.15) is 5.82 Å². The van der Waals surface area contributed by atoms with Crippen LogP contribution in [0, 0.1) is 13.8 Å². The van der Waals surface area contributed by atoms with Crippen LogP contribution in [-0.2, 0) is 0 Å². The first-order valence-corrected chi connectivity index (χ1v) is 4.20. The summed E-state index contributed by atoms with van der Waals surface area (Å²) in [5.41, 5.74) is 8.13. The molecule has 0 aliphatic carbocycles. The van der Waals surface area contributed by atoms with E-state index in [1.165, 1.54) is 0 Å². The maximum Gasteiger partial charge on any atom is 0.109 e. The molecule has 0 spiro atoms. The third-order valence-corrected chi connectivity index (χ3v) is 1.92. The molecule has 1 rings (SSSR count). The van der Waals surface area contributed by atoms with Crippen molar-refractivity contribution in [1.29, 1.82) is 0 Å². The molecule has 0 bridgehead atoms. The van der Waals surface area contributed by atoms with Crippen molar-refractivity contribution in [3.05, 3.63) is 29.6 Å². The van der Waals surface area contributed by atoms with Crippen LogP contribution >= 0.6 is 0 Å². The zero-order chi connectivity index (χ0) is 9.84. The lowest BCUT2D eigenvalue weighted by Crippen LogP contribution is -2.09. The summed E-state index contributed by atoms with van der Waals surface area (Å²) in [6, 6.07) is 4.08. The monoisotopic (exact) mass is 177 g/mol. The molecule has 0 amide bonds. The average Bonchev–Trinajstić information content (AvgIpc) is 2.42. The summed E-state index contributed by atoms with van der Waals surface area (Å²) in [7, 11) is 1.72. The highest BCUT2D eigenvalue weighted by Gasteiger charge is 2.01. The van der Waals surface area contributed by atoms with Crippen molar-refractivity contribution < 1.29 is 0 Å². The molecule has 13 heavy (non-hydrogen) atoms. The summed E-state index contributed by atoms with van der Waals surface area (Å²) in [5, 5.41) is 0. The molecule has 0 aromatic carbocycles. The van der Waals surface area contributed by atoms with Crippen LogP contribution in [0.1, 0.15) is 11.4 Å². The Morgan fingerprint density at radius 2 is 1.92 bits per heavy atom. The highest BCUT2D eigenvalue weighted by atomic mass is 15.1. The van der Waals surface area contributed by atoms with Crippen molar-refractivity contribution in [3.8, 4) is 0 Å². The zero-order valence-electron chi connectivity index (χ0n) is 8.28. The zero-order valence-corrected chi connectivity index (χ0v) is 8.28. The minimum atomic E-state index is 0.700. The van der Waals surface area contributed by atoms with Crippen molar-refractivity contribution in [1.82, 2.24) is 4.57 Å². The first-order valence-electron chi connectivity index (χ1n) is 4.20. The lowest BCUT2D eigenvalue weighted by Gasteiger charge is -2.07. The molecule has 1 heterocycles. The van der Waals surface area contributed by atoms with E-state index in [9.17, 15) is 0 Å². The topological polar surface area (TPSA) is 43.3 Å². The van der Waals surface area contributed by atoms with Crippen molar-refractivity contribution >= 4 is 12.0 Å². The predicted octanol–water partition coefficient (Wildman–Crippen LogP) is 1.56. The molecule has 0 aliphatic heterocycles. The van der Waals surface area contributed by atoms with Crippen LogP contribution in [0.2, 0.25) is 0 Å². The van der Waals surface area contributed by atoms with Gasteiger partial charge in [-0.2, -0.15) is 0 Å². The van der Waals surface area contributed by atoms with Crippen molar-refractivity contribution in [2.45, 2.75) is 13.8 Å². The highest BCUT2D eigenvalue weighted by Crippen LogP contribution is 2.10. The van der Waals surface area contributed by atoms with E-state index in [1.54, 1.807) is 19.3 Å². The number of nitrogens with zero attached hydrogens (tertiary/aromatic N) is 2. The Balaban J connectivity index is 3.07. The van der Waals surface area contributed by atoms with Gasteiger partial charge in [0.25, 0.3) is 0 Å². The van der Waals surface area contributed by atoms with Gasteiger partial charge in [0, 0.05) is 24.7 Å². The van der Waals surface area contributed by atoms with E-state index in [2.05, 4.69) is 4.99 Å². The first-order chi connectivity index (χ1) is 6.16. The molecule has 2 N–H and O–H groups in total. The molecule has 3 heteroatoms. The number of aliphatic imine (C=N–C) groups is 1. The Hall–Kier alpha value is -1.51. The van der Waals surface area contributed by atoms with Crippen molar-refractivity contribution in [2.24, 2.45) is 10.7 Å². The minimum Gasteiger partial charge on any atom is -0.385 e. The van der Waals surface area contributed by atoms with Gasteiger partial charge in [0.2, 0.25) is 0 Å². The SMILES string of the molecule is CN=CC=C(N)n1c(C)ccc1C. The fourth-order valence-corrected chi connectivity index (χ4v) is 1.30. The number of hydrogen-bond donors (Lipinski definition) is 1. The van der Waals surface area contributed by atoms with E-state index in [-0.39, 0.29) is 0 Å². The third-order valence-electron chi connectivity index (χ3n) is 1.92. The molecule has 0 unspecified atom stereocenters. The number of aromatic nitrogens is 1. The van der Waals surface area contributed by atoms with E-state index in [0.717, 1.165) is 11.4 Å². The smallest absolute Gasteiger partial charge is 0.109 e. The highest BCUT2D eigenvalue weighted by molar-refractivity contribution is 5.78. The standard InChI is InChI=1S/C10H15N3/c1-8-4-5-9(2)13(8)10(11)6-7-12-3/h4-7H,11H2,1-3H3. The Morgan fingerprint density at radius 1 is 1.38 bits per heavy atom. The van der Waals surface area contributed by atoms with Gasteiger partial charge in [0.05, 0.1) is 0 Å². The molecule has 0 saturated carbocycles. The maximum atomic E-state index is 5.86. The van der Waals surface area contributed by atoms with Gasteiger partial charge in [-0.05, 0) is 32.1 Å². The Bertz CT molecular complexity index is 326. The lowest BCUT2D eigenvalue weighted by atomic mass is 10.5. The Labute approximate surface area is 78.6 Å². The normalized spacial score (nSPS) is 12.7. The van der Waals surface area contributed by atoms with Crippen LogP contribution in [0.4, 0.5) is 0 Å². The fraction of sp³-hybridized carbons (Fsp3) is 0.300. The molecular weight excluding hydrogens is 162 g/mol. The van der Waals surface area contributed by atoms with Gasteiger partial charge < -0.3 is 10.3 Å². The van der Waals surface area contributed by atoms with Crippen LogP contribution < -0.4 is 5.73 Å². The van der Waals surface area contributed by atoms with E-state index in [1.807, 2.05) is 30.5 Å². The van der Waals surface area contributed by atoms with Crippen LogP contribution in [0.3, 0.4) is 0 Å². The average molecular weight is 177 g/mol. The summed E-state index contributed by atoms with van der Waals surface area (Å²) in [5.74, 6) is 0.700. The third kappa shape index (κ3) is 1.99. The number of nitrogens with two attached hydrogens (primary N) is 1. The van der Waals surface area contributed by atoms with E-state index in [0.29, 0.717) is 5.82 Å². The summed E-state index contributed by atoms with van der Waals surface area (Å²) in [4.78, 5) is 3.85. The summed E-state index contributed by atoms with van der Waals surface area (Å²) >= 11 is 0. The number of hydrogen-bond acceptors (Lipinski definition) is 2. The second-order valence-electron chi connectivity index (χ2n) is 2.95. The van der Waals surface area contributed by atoms with Gasteiger partial charge in [0.15, 0.2) is 0 Å². The van der Waals surface area contributed by atoms with E-state index in [4.69, 9.17) is 5.73 Å². The lowest BCUT2D eigenvalue weighted by molar-refractivity contribution is 0.972. The Kier molecular flexibility index (Phi) is 2.90. The van der Waals surface area contributed by atoms with E-state index >= 15 is 0 Å².